The highest BCUT2D eigenvalue weighted by atomic mass is 16.6. The Morgan fingerprint density at radius 1 is 0.600 bits per heavy atom. The summed E-state index contributed by atoms with van der Waals surface area (Å²) in [6, 6.07) is 16.5. The third-order valence-corrected chi connectivity index (χ3v) is 6.29. The number of benzene rings is 3. The van der Waals surface area contributed by atoms with Gasteiger partial charge in [-0.3, -0.25) is 0 Å². The molecule has 0 aliphatic carbocycles. The SMILES string of the molecule is COc1cc(OC)cc(C(C)(C)OC(=O)N(C(=O)OC(C)(C)c2cc(OC)cc(OC)c2)c2ccc(N)cc2)c1. The number of carbonyl (C=O) groups is 2. The molecular weight excluding hydrogens is 516 g/mol. The van der Waals surface area contributed by atoms with Gasteiger partial charge in [-0.2, -0.15) is 4.90 Å². The van der Waals surface area contributed by atoms with E-state index < -0.39 is 23.4 Å². The standard InChI is InChI=1S/C30H36N2O8/c1-29(2,19-13-23(35-5)17-24(14-19)36-6)39-27(33)32(22-11-9-21(31)10-12-22)28(34)40-30(3,4)20-15-25(37-7)18-26(16-20)38-8/h9-18H,31H2,1-8H3. The van der Waals surface area contributed by atoms with Crippen LogP contribution in [0.15, 0.2) is 60.7 Å². The third-order valence-electron chi connectivity index (χ3n) is 6.29. The molecule has 2 amide bonds. The van der Waals surface area contributed by atoms with Crippen LogP contribution in [-0.2, 0) is 20.7 Å². The number of carbonyl (C=O) groups excluding carboxylic acids is 2. The monoisotopic (exact) mass is 552 g/mol. The van der Waals surface area contributed by atoms with Crippen LogP contribution in [0.3, 0.4) is 0 Å². The highest BCUT2D eigenvalue weighted by Crippen LogP contribution is 2.35. The summed E-state index contributed by atoms with van der Waals surface area (Å²) in [5, 5.41) is 0. The lowest BCUT2D eigenvalue weighted by Crippen LogP contribution is -2.44. The second kappa shape index (κ2) is 12.1. The minimum Gasteiger partial charge on any atom is -0.497 e. The quantitative estimate of drug-likeness (QED) is 0.307. The first-order valence-corrected chi connectivity index (χ1v) is 12.4. The van der Waals surface area contributed by atoms with Crippen molar-refractivity contribution in [3.8, 4) is 23.0 Å². The van der Waals surface area contributed by atoms with E-state index in [1.807, 2.05) is 0 Å². The maximum absolute atomic E-state index is 13.7. The van der Waals surface area contributed by atoms with E-state index in [1.165, 1.54) is 40.6 Å². The third kappa shape index (κ3) is 6.88. The molecule has 0 aliphatic heterocycles. The minimum atomic E-state index is -1.19. The molecule has 0 heterocycles. The summed E-state index contributed by atoms with van der Waals surface area (Å²) in [7, 11) is 6.10. The van der Waals surface area contributed by atoms with Crippen LogP contribution in [-0.4, -0.2) is 40.6 Å². The molecule has 0 unspecified atom stereocenters. The van der Waals surface area contributed by atoms with Crippen LogP contribution in [0.1, 0.15) is 38.8 Å². The molecule has 0 fully saturated rings. The fraction of sp³-hybridized carbons (Fsp3) is 0.333. The van der Waals surface area contributed by atoms with Gasteiger partial charge < -0.3 is 34.2 Å². The Balaban J connectivity index is 1.97. The number of anilines is 2. The van der Waals surface area contributed by atoms with Crippen molar-refractivity contribution in [3.05, 3.63) is 71.8 Å². The summed E-state index contributed by atoms with van der Waals surface area (Å²) in [4.78, 5) is 28.1. The molecule has 3 aromatic rings. The van der Waals surface area contributed by atoms with Crippen molar-refractivity contribution in [1.82, 2.24) is 0 Å². The Bertz CT molecular complexity index is 1230. The number of methoxy groups -OCH3 is 4. The molecule has 3 aromatic carbocycles. The van der Waals surface area contributed by atoms with Crippen molar-refractivity contribution in [3.63, 3.8) is 0 Å². The topological polar surface area (TPSA) is 119 Å². The van der Waals surface area contributed by atoms with Gasteiger partial charge in [-0.05, 0) is 76.2 Å². The first-order valence-electron chi connectivity index (χ1n) is 12.4. The fourth-order valence-electron chi connectivity index (χ4n) is 3.86. The van der Waals surface area contributed by atoms with E-state index in [4.69, 9.17) is 34.2 Å². The maximum Gasteiger partial charge on any atom is 0.424 e. The van der Waals surface area contributed by atoms with E-state index in [2.05, 4.69) is 0 Å². The van der Waals surface area contributed by atoms with Gasteiger partial charge in [0.15, 0.2) is 0 Å². The molecule has 0 saturated heterocycles. The van der Waals surface area contributed by atoms with Crippen LogP contribution >= 0.6 is 0 Å². The molecule has 0 spiro atoms. The number of hydrogen-bond donors (Lipinski definition) is 1. The first-order chi connectivity index (χ1) is 18.8. The molecule has 2 N–H and O–H groups in total. The van der Waals surface area contributed by atoms with E-state index >= 15 is 0 Å². The number of nitrogens with zero attached hydrogens (tertiary/aromatic N) is 1. The Morgan fingerprint density at radius 2 is 0.925 bits per heavy atom. The van der Waals surface area contributed by atoms with Crippen molar-refractivity contribution in [2.45, 2.75) is 38.9 Å². The summed E-state index contributed by atoms with van der Waals surface area (Å²) in [5.74, 6) is 2.07. The molecule has 0 aliphatic rings. The number of imide groups is 1. The average molecular weight is 553 g/mol. The number of hydrogen-bond acceptors (Lipinski definition) is 9. The van der Waals surface area contributed by atoms with Crippen LogP contribution in [0.5, 0.6) is 23.0 Å². The molecule has 0 radical (unpaired) electrons. The molecule has 0 saturated carbocycles. The summed E-state index contributed by atoms with van der Waals surface area (Å²) in [6.07, 6.45) is -1.92. The normalized spacial score (nSPS) is 11.3. The second-order valence-electron chi connectivity index (χ2n) is 9.89. The molecule has 0 aromatic heterocycles. The zero-order valence-corrected chi connectivity index (χ0v) is 24.1. The molecule has 10 heteroatoms. The van der Waals surface area contributed by atoms with E-state index in [1.54, 1.807) is 76.2 Å². The number of ether oxygens (including phenoxy) is 6. The van der Waals surface area contributed by atoms with Crippen molar-refractivity contribution in [2.75, 3.05) is 39.1 Å². The van der Waals surface area contributed by atoms with Gasteiger partial charge in [-0.1, -0.05) is 0 Å². The van der Waals surface area contributed by atoms with Gasteiger partial charge in [0.2, 0.25) is 0 Å². The predicted octanol–water partition coefficient (Wildman–Crippen LogP) is 6.25. The smallest absolute Gasteiger partial charge is 0.424 e. The Morgan fingerprint density at radius 3 is 1.23 bits per heavy atom. The van der Waals surface area contributed by atoms with E-state index in [0.29, 0.717) is 39.8 Å². The molecule has 0 bridgehead atoms. The zero-order valence-electron chi connectivity index (χ0n) is 24.1. The molecule has 40 heavy (non-hydrogen) atoms. The van der Waals surface area contributed by atoms with Gasteiger partial charge in [-0.15, -0.1) is 0 Å². The van der Waals surface area contributed by atoms with Gasteiger partial charge in [0.1, 0.15) is 34.2 Å². The summed E-state index contributed by atoms with van der Waals surface area (Å²) < 4.78 is 33.2. The number of amides is 2. The number of rotatable bonds is 9. The molecule has 0 atom stereocenters. The summed E-state index contributed by atoms with van der Waals surface area (Å²) in [5.41, 5.74) is 5.30. The van der Waals surface area contributed by atoms with Crippen LogP contribution in [0.25, 0.3) is 0 Å². The van der Waals surface area contributed by atoms with E-state index in [-0.39, 0.29) is 5.69 Å². The Kier molecular flexibility index (Phi) is 9.03. The van der Waals surface area contributed by atoms with Gasteiger partial charge in [0, 0.05) is 28.9 Å². The zero-order chi connectivity index (χ0) is 29.7. The van der Waals surface area contributed by atoms with Crippen LogP contribution < -0.4 is 29.6 Å². The Labute approximate surface area is 234 Å². The van der Waals surface area contributed by atoms with Gasteiger partial charge in [0.05, 0.1) is 34.1 Å². The van der Waals surface area contributed by atoms with Crippen LogP contribution in [0.2, 0.25) is 0 Å². The van der Waals surface area contributed by atoms with Crippen molar-refractivity contribution >= 4 is 23.6 Å². The largest absolute Gasteiger partial charge is 0.497 e. The van der Waals surface area contributed by atoms with Gasteiger partial charge in [-0.25, -0.2) is 9.59 Å². The highest BCUT2D eigenvalue weighted by Gasteiger charge is 2.37. The van der Waals surface area contributed by atoms with E-state index in [9.17, 15) is 9.59 Å². The molecule has 10 nitrogen and oxygen atoms in total. The lowest BCUT2D eigenvalue weighted by molar-refractivity contribution is 0.0265. The van der Waals surface area contributed by atoms with E-state index in [0.717, 1.165) is 4.90 Å². The van der Waals surface area contributed by atoms with Crippen LogP contribution in [0.4, 0.5) is 21.0 Å². The van der Waals surface area contributed by atoms with Crippen molar-refractivity contribution in [2.24, 2.45) is 0 Å². The average Bonchev–Trinajstić information content (AvgIpc) is 2.92. The van der Waals surface area contributed by atoms with Gasteiger partial charge >= 0.3 is 12.2 Å². The maximum atomic E-state index is 13.7. The number of nitrogens with two attached hydrogens (primary N) is 1. The summed E-state index contributed by atoms with van der Waals surface area (Å²) >= 11 is 0. The molecule has 214 valence electrons. The molecular formula is C30H36N2O8. The highest BCUT2D eigenvalue weighted by molar-refractivity contribution is 6.09. The van der Waals surface area contributed by atoms with Crippen LogP contribution in [0, 0.1) is 0 Å². The number of nitrogen functional groups attached to an aromatic ring is 1. The predicted molar refractivity (Wildman–Crippen MR) is 151 cm³/mol. The molecule has 3 rings (SSSR count). The van der Waals surface area contributed by atoms with Crippen molar-refractivity contribution in [1.29, 1.82) is 0 Å². The summed E-state index contributed by atoms with van der Waals surface area (Å²) in [6.45, 7) is 6.77. The fourth-order valence-corrected chi connectivity index (χ4v) is 3.86. The van der Waals surface area contributed by atoms with Crippen molar-refractivity contribution < 1.29 is 38.0 Å². The van der Waals surface area contributed by atoms with Gasteiger partial charge in [0.25, 0.3) is 0 Å². The Hall–Kier alpha value is -4.60. The lowest BCUT2D eigenvalue weighted by atomic mass is 9.97. The first kappa shape index (κ1) is 29.9. The minimum absolute atomic E-state index is 0.210. The lowest BCUT2D eigenvalue weighted by Gasteiger charge is -2.32. The second-order valence-corrected chi connectivity index (χ2v) is 9.89.